The van der Waals surface area contributed by atoms with Crippen LogP contribution in [0.1, 0.15) is 59.9 Å². The molecule has 6 nitrogen and oxygen atoms in total. The lowest BCUT2D eigenvalue weighted by molar-refractivity contribution is 0.0992. The molecule has 0 bridgehead atoms. The summed E-state index contributed by atoms with van der Waals surface area (Å²) in [5.41, 5.74) is 6.51. The van der Waals surface area contributed by atoms with Crippen molar-refractivity contribution in [1.82, 2.24) is 15.0 Å². The topological polar surface area (TPSA) is 92.8 Å². The summed E-state index contributed by atoms with van der Waals surface area (Å²) in [7, 11) is -3.05. The number of Topliss-reactive ketones (excluding diaryl/α,β-unsaturated/α-hetero) is 1. The molecule has 1 N–H and O–H groups in total. The number of nitrogens with zero attached hydrogens (tertiary/aromatic N) is 2. The number of aromatic amines is 1. The number of rotatable bonds is 5. The zero-order chi connectivity index (χ0) is 27.2. The number of benzene rings is 2. The van der Waals surface area contributed by atoms with Crippen LogP contribution in [0, 0.1) is 12.7 Å². The highest BCUT2D eigenvalue weighted by atomic mass is 32.2. The predicted molar refractivity (Wildman–Crippen MR) is 148 cm³/mol. The Balaban J connectivity index is 1.49. The monoisotopic (exact) mass is 531 g/mol. The van der Waals surface area contributed by atoms with Crippen molar-refractivity contribution in [2.45, 2.75) is 46.0 Å². The second kappa shape index (κ2) is 9.58. The van der Waals surface area contributed by atoms with Gasteiger partial charge in [0.05, 0.1) is 17.2 Å². The third-order valence-electron chi connectivity index (χ3n) is 7.20. The first-order valence-corrected chi connectivity index (χ1v) is 14.4. The molecule has 1 aliphatic rings. The molecule has 0 saturated carbocycles. The molecule has 38 heavy (non-hydrogen) atoms. The van der Waals surface area contributed by atoms with Crippen molar-refractivity contribution >= 4 is 32.2 Å². The molecule has 5 rings (SSSR count). The lowest BCUT2D eigenvalue weighted by atomic mass is 9.86. The van der Waals surface area contributed by atoms with E-state index in [1.54, 1.807) is 6.08 Å². The van der Waals surface area contributed by atoms with E-state index in [1.165, 1.54) is 18.5 Å². The fourth-order valence-corrected chi connectivity index (χ4v) is 6.00. The first-order chi connectivity index (χ1) is 17.9. The average Bonchev–Trinajstić information content (AvgIpc) is 3.30. The van der Waals surface area contributed by atoms with E-state index in [2.05, 4.69) is 35.7 Å². The van der Waals surface area contributed by atoms with Crippen LogP contribution >= 0.6 is 0 Å². The van der Waals surface area contributed by atoms with Crippen LogP contribution < -0.4 is 0 Å². The molecule has 0 radical (unpaired) electrons. The summed E-state index contributed by atoms with van der Waals surface area (Å²) in [6, 6.07) is 12.3. The van der Waals surface area contributed by atoms with Crippen molar-refractivity contribution in [3.8, 4) is 11.3 Å². The summed E-state index contributed by atoms with van der Waals surface area (Å²) in [6.45, 7) is 8.23. The van der Waals surface area contributed by atoms with Gasteiger partial charge in [-0.3, -0.25) is 4.79 Å². The summed E-state index contributed by atoms with van der Waals surface area (Å²) >= 11 is 0. The summed E-state index contributed by atoms with van der Waals surface area (Å²) in [4.78, 5) is 25.2. The summed E-state index contributed by atoms with van der Waals surface area (Å²) < 4.78 is 38.5. The molecule has 1 aliphatic heterocycles. The van der Waals surface area contributed by atoms with Crippen molar-refractivity contribution in [3.63, 3.8) is 0 Å². The highest BCUT2D eigenvalue weighted by molar-refractivity contribution is 7.91. The van der Waals surface area contributed by atoms with Crippen molar-refractivity contribution in [1.29, 1.82) is 0 Å². The van der Waals surface area contributed by atoms with Gasteiger partial charge in [0.1, 0.15) is 17.8 Å². The number of allylic oxidation sites excluding steroid dienone is 1. The summed E-state index contributed by atoms with van der Waals surface area (Å²) in [5, 5.41) is 0.709. The van der Waals surface area contributed by atoms with Gasteiger partial charge in [0.25, 0.3) is 0 Å². The van der Waals surface area contributed by atoms with Crippen molar-refractivity contribution in [2.24, 2.45) is 0 Å². The van der Waals surface area contributed by atoms with E-state index in [1.807, 2.05) is 37.3 Å². The smallest absolute Gasteiger partial charge is 0.167 e. The first kappa shape index (κ1) is 26.0. The molecule has 8 heteroatoms. The number of H-pyrrole nitrogens is 1. The largest absolute Gasteiger partial charge is 0.339 e. The third kappa shape index (κ3) is 5.18. The van der Waals surface area contributed by atoms with E-state index in [-0.39, 0.29) is 29.1 Å². The SMILES string of the molecule is Cc1c(CC(=O)c2ccc(C(C)(C)C)cc2)cc(F)cc1-c1ncnc2[nH]c(C3=CCS(=O)(=O)CC3)cc12. The lowest BCUT2D eigenvalue weighted by Gasteiger charge is -2.19. The van der Waals surface area contributed by atoms with Crippen molar-refractivity contribution in [2.75, 3.05) is 11.5 Å². The maximum absolute atomic E-state index is 14.9. The van der Waals surface area contributed by atoms with Gasteiger partial charge in [0.15, 0.2) is 15.6 Å². The molecular formula is C30H30FN3O3S. The number of aromatic nitrogens is 3. The Kier molecular flexibility index (Phi) is 6.55. The highest BCUT2D eigenvalue weighted by Crippen LogP contribution is 2.34. The number of carbonyl (C=O) groups excluding carboxylic acids is 1. The van der Waals surface area contributed by atoms with Crippen LogP contribution in [-0.4, -0.2) is 40.7 Å². The summed E-state index contributed by atoms with van der Waals surface area (Å²) in [5.74, 6) is -0.415. The minimum atomic E-state index is -3.05. The Hall–Kier alpha value is -3.65. The Morgan fingerprint density at radius 2 is 1.82 bits per heavy atom. The zero-order valence-electron chi connectivity index (χ0n) is 21.9. The number of nitrogens with one attached hydrogen (secondary N) is 1. The normalized spacial score (nSPS) is 15.4. The fraction of sp³-hybridized carbons (Fsp3) is 0.300. The number of fused-ring (bicyclic) bond motifs is 1. The molecule has 3 heterocycles. The number of ketones is 1. The number of carbonyl (C=O) groups is 1. The van der Waals surface area contributed by atoms with Gasteiger partial charge in [-0.2, -0.15) is 0 Å². The number of hydrogen-bond acceptors (Lipinski definition) is 5. The quantitative estimate of drug-likeness (QED) is 0.319. The molecule has 0 saturated heterocycles. The van der Waals surface area contributed by atoms with Gasteiger partial charge in [-0.1, -0.05) is 51.1 Å². The van der Waals surface area contributed by atoms with Gasteiger partial charge in [0, 0.05) is 28.6 Å². The molecule has 0 aliphatic carbocycles. The van der Waals surface area contributed by atoms with Crippen LogP contribution in [0.4, 0.5) is 4.39 Å². The first-order valence-electron chi connectivity index (χ1n) is 12.6. The Morgan fingerprint density at radius 1 is 1.08 bits per heavy atom. The minimum absolute atomic E-state index is 0.00948. The maximum atomic E-state index is 14.9. The van der Waals surface area contributed by atoms with Crippen LogP contribution in [0.2, 0.25) is 0 Å². The lowest BCUT2D eigenvalue weighted by Crippen LogP contribution is -2.15. The van der Waals surface area contributed by atoms with Gasteiger partial charge in [-0.05, 0) is 59.2 Å². The molecule has 2 aromatic heterocycles. The third-order valence-corrected chi connectivity index (χ3v) is 8.70. The van der Waals surface area contributed by atoms with Crippen LogP contribution in [0.15, 0.2) is 54.9 Å². The average molecular weight is 532 g/mol. The Morgan fingerprint density at radius 3 is 2.47 bits per heavy atom. The molecule has 0 fully saturated rings. The van der Waals surface area contributed by atoms with E-state index in [0.29, 0.717) is 39.8 Å². The molecular weight excluding hydrogens is 501 g/mol. The van der Waals surface area contributed by atoms with Crippen LogP contribution in [0.25, 0.3) is 27.9 Å². The van der Waals surface area contributed by atoms with E-state index in [4.69, 9.17) is 0 Å². The zero-order valence-corrected chi connectivity index (χ0v) is 22.7. The van der Waals surface area contributed by atoms with E-state index in [0.717, 1.165) is 22.4 Å². The summed E-state index contributed by atoms with van der Waals surface area (Å²) in [6.07, 6.45) is 3.63. The van der Waals surface area contributed by atoms with E-state index < -0.39 is 15.7 Å². The van der Waals surface area contributed by atoms with Crippen LogP contribution in [0.5, 0.6) is 0 Å². The molecule has 0 atom stereocenters. The number of sulfone groups is 1. The van der Waals surface area contributed by atoms with E-state index >= 15 is 0 Å². The Bertz CT molecular complexity index is 1700. The standard InChI is InChI=1S/C30H30FN3O3S/c1-18-21(14-27(35)20-5-7-22(8-6-20)30(2,3)4)13-23(31)15-24(18)28-25-16-26(34-29(25)33-17-32-28)19-9-11-38(36,37)12-10-19/h5-9,13,15-17H,10-12,14H2,1-4H3,(H,32,33,34). The van der Waals surface area contributed by atoms with Gasteiger partial charge in [-0.25, -0.2) is 22.8 Å². The molecule has 0 amide bonds. The van der Waals surface area contributed by atoms with Gasteiger partial charge < -0.3 is 4.98 Å². The fourth-order valence-electron chi connectivity index (χ4n) is 4.85. The molecule has 2 aromatic carbocycles. The van der Waals surface area contributed by atoms with Gasteiger partial charge in [-0.15, -0.1) is 0 Å². The second-order valence-electron chi connectivity index (χ2n) is 10.9. The van der Waals surface area contributed by atoms with Crippen molar-refractivity contribution < 1.29 is 17.6 Å². The van der Waals surface area contributed by atoms with Gasteiger partial charge >= 0.3 is 0 Å². The van der Waals surface area contributed by atoms with Gasteiger partial charge in [0.2, 0.25) is 0 Å². The Labute approximate surface area is 222 Å². The predicted octanol–water partition coefficient (Wildman–Crippen LogP) is 6.00. The highest BCUT2D eigenvalue weighted by Gasteiger charge is 2.21. The molecule has 0 spiro atoms. The number of hydrogen-bond donors (Lipinski definition) is 1. The molecule has 0 unspecified atom stereocenters. The van der Waals surface area contributed by atoms with E-state index in [9.17, 15) is 17.6 Å². The maximum Gasteiger partial charge on any atom is 0.167 e. The molecule has 196 valence electrons. The van der Waals surface area contributed by atoms with Crippen molar-refractivity contribution in [3.05, 3.63) is 88.6 Å². The van der Waals surface area contributed by atoms with Crippen LogP contribution in [0.3, 0.4) is 0 Å². The second-order valence-corrected chi connectivity index (χ2v) is 13.2. The molecule has 4 aromatic rings. The number of halogens is 1. The minimum Gasteiger partial charge on any atom is -0.339 e. The van der Waals surface area contributed by atoms with Crippen LogP contribution in [-0.2, 0) is 21.7 Å².